The van der Waals surface area contributed by atoms with Gasteiger partial charge in [0.1, 0.15) is 0 Å². The number of nitrogens with zero attached hydrogens (tertiary/aromatic N) is 3. The topological polar surface area (TPSA) is 122 Å². The van der Waals surface area contributed by atoms with Crippen molar-refractivity contribution in [1.29, 1.82) is 0 Å². The molecule has 0 radical (unpaired) electrons. The van der Waals surface area contributed by atoms with Gasteiger partial charge < -0.3 is 23.2 Å². The number of ether oxygens (including phenoxy) is 3. The van der Waals surface area contributed by atoms with E-state index in [0.717, 1.165) is 0 Å². The van der Waals surface area contributed by atoms with Gasteiger partial charge in [-0.05, 0) is 32.9 Å². The number of carbonyl (C=O) groups is 1. The van der Waals surface area contributed by atoms with Gasteiger partial charge in [0.15, 0.2) is 11.5 Å². The Morgan fingerprint density at radius 2 is 1.71 bits per heavy atom. The van der Waals surface area contributed by atoms with Gasteiger partial charge in [0.25, 0.3) is 5.91 Å². The molecule has 3 aromatic rings. The maximum atomic E-state index is 12.0. The zero-order chi connectivity index (χ0) is 19.9. The van der Waals surface area contributed by atoms with Gasteiger partial charge >= 0.3 is 6.01 Å². The molecule has 0 fully saturated rings. The molecule has 0 aliphatic carbocycles. The highest BCUT2D eigenvalue weighted by molar-refractivity contribution is 6.00. The predicted octanol–water partition coefficient (Wildman–Crippen LogP) is 3.17. The third-order valence-corrected chi connectivity index (χ3v) is 3.46. The molecule has 0 saturated carbocycles. The van der Waals surface area contributed by atoms with Crippen molar-refractivity contribution < 1.29 is 27.9 Å². The van der Waals surface area contributed by atoms with E-state index in [1.54, 1.807) is 12.1 Å². The van der Waals surface area contributed by atoms with Gasteiger partial charge in [-0.1, -0.05) is 10.3 Å². The van der Waals surface area contributed by atoms with Gasteiger partial charge in [0.2, 0.25) is 17.4 Å². The number of benzene rings is 1. The first-order chi connectivity index (χ1) is 13.7. The van der Waals surface area contributed by atoms with Crippen molar-refractivity contribution in [3.63, 3.8) is 0 Å². The molecule has 3 rings (SSSR count). The van der Waals surface area contributed by atoms with E-state index >= 15 is 0 Å². The second kappa shape index (κ2) is 8.89. The Bertz CT molecular complexity index is 895. The molecule has 1 N–H and O–H groups in total. The summed E-state index contributed by atoms with van der Waals surface area (Å²) in [5.41, 5.74) is 0.558. The van der Waals surface area contributed by atoms with Crippen LogP contribution in [0.2, 0.25) is 0 Å². The summed E-state index contributed by atoms with van der Waals surface area (Å²) in [6.07, 6.45) is 1.36. The van der Waals surface area contributed by atoms with Crippen LogP contribution in [0.25, 0.3) is 11.5 Å². The molecule has 0 unspecified atom stereocenters. The fourth-order valence-corrected chi connectivity index (χ4v) is 2.39. The Balaban J connectivity index is 1.90. The number of rotatable bonds is 9. The second-order valence-corrected chi connectivity index (χ2v) is 5.34. The molecule has 0 bridgehead atoms. The number of anilines is 1. The highest BCUT2D eigenvalue weighted by Crippen LogP contribution is 2.41. The molecule has 0 saturated heterocycles. The molecule has 0 aliphatic rings. The van der Waals surface area contributed by atoms with Crippen LogP contribution in [0.1, 0.15) is 31.3 Å². The monoisotopic (exact) mass is 388 g/mol. The van der Waals surface area contributed by atoms with E-state index in [1.807, 2.05) is 20.8 Å². The maximum Gasteiger partial charge on any atom is 0.322 e. The number of amides is 1. The summed E-state index contributed by atoms with van der Waals surface area (Å²) < 4.78 is 27.3. The highest BCUT2D eigenvalue weighted by atomic mass is 16.5. The fourth-order valence-electron chi connectivity index (χ4n) is 2.39. The SMILES string of the molecule is CCOc1cc(-c2nnc(NC(=O)c3ccno3)o2)cc(OCC)c1OCC. The lowest BCUT2D eigenvalue weighted by Gasteiger charge is -2.16. The molecule has 0 spiro atoms. The quantitative estimate of drug-likeness (QED) is 0.589. The van der Waals surface area contributed by atoms with E-state index in [9.17, 15) is 4.79 Å². The van der Waals surface area contributed by atoms with Crippen LogP contribution in [0.15, 0.2) is 33.3 Å². The molecule has 28 heavy (non-hydrogen) atoms. The Kier molecular flexibility index (Phi) is 6.10. The van der Waals surface area contributed by atoms with Gasteiger partial charge in [-0.2, -0.15) is 0 Å². The Labute approximate surface area is 160 Å². The molecule has 2 aromatic heterocycles. The molecule has 2 heterocycles. The lowest BCUT2D eigenvalue weighted by Crippen LogP contribution is -2.11. The number of hydrogen-bond donors (Lipinski definition) is 1. The maximum absolute atomic E-state index is 12.0. The molecule has 10 nitrogen and oxygen atoms in total. The van der Waals surface area contributed by atoms with Crippen LogP contribution in [0.4, 0.5) is 6.01 Å². The smallest absolute Gasteiger partial charge is 0.322 e. The highest BCUT2D eigenvalue weighted by Gasteiger charge is 2.20. The molecule has 1 amide bonds. The van der Waals surface area contributed by atoms with Crippen molar-refractivity contribution in [1.82, 2.24) is 15.4 Å². The minimum atomic E-state index is -0.551. The molecule has 1 aromatic carbocycles. The zero-order valence-corrected chi connectivity index (χ0v) is 15.7. The molecular weight excluding hydrogens is 368 g/mol. The summed E-state index contributed by atoms with van der Waals surface area (Å²) in [5, 5.41) is 13.7. The Hall–Kier alpha value is -3.56. The van der Waals surface area contributed by atoms with Gasteiger partial charge in [0.05, 0.1) is 26.0 Å². The Morgan fingerprint density at radius 3 is 2.29 bits per heavy atom. The van der Waals surface area contributed by atoms with E-state index in [0.29, 0.717) is 42.6 Å². The van der Waals surface area contributed by atoms with Crippen LogP contribution in [0.5, 0.6) is 17.2 Å². The summed E-state index contributed by atoms with van der Waals surface area (Å²) >= 11 is 0. The zero-order valence-electron chi connectivity index (χ0n) is 15.7. The first-order valence-electron chi connectivity index (χ1n) is 8.78. The van der Waals surface area contributed by atoms with Crippen LogP contribution < -0.4 is 19.5 Å². The van der Waals surface area contributed by atoms with Crippen LogP contribution in [-0.4, -0.2) is 41.1 Å². The van der Waals surface area contributed by atoms with Crippen LogP contribution in [0, 0.1) is 0 Å². The average Bonchev–Trinajstić information content (AvgIpc) is 3.36. The predicted molar refractivity (Wildman–Crippen MR) is 97.7 cm³/mol. The number of aromatic nitrogens is 3. The largest absolute Gasteiger partial charge is 0.490 e. The van der Waals surface area contributed by atoms with Gasteiger partial charge in [-0.3, -0.25) is 10.1 Å². The lowest BCUT2D eigenvalue weighted by atomic mass is 10.2. The van der Waals surface area contributed by atoms with Crippen molar-refractivity contribution in [2.24, 2.45) is 0 Å². The first-order valence-corrected chi connectivity index (χ1v) is 8.78. The minimum Gasteiger partial charge on any atom is -0.490 e. The van der Waals surface area contributed by atoms with E-state index in [1.165, 1.54) is 12.3 Å². The van der Waals surface area contributed by atoms with Crippen molar-refractivity contribution in [2.45, 2.75) is 20.8 Å². The van der Waals surface area contributed by atoms with Crippen LogP contribution in [0.3, 0.4) is 0 Å². The summed E-state index contributed by atoms with van der Waals surface area (Å²) in [4.78, 5) is 12.0. The lowest BCUT2D eigenvalue weighted by molar-refractivity contribution is 0.0985. The van der Waals surface area contributed by atoms with Crippen molar-refractivity contribution in [2.75, 3.05) is 25.1 Å². The van der Waals surface area contributed by atoms with Crippen LogP contribution >= 0.6 is 0 Å². The Morgan fingerprint density at radius 1 is 1.04 bits per heavy atom. The van der Waals surface area contributed by atoms with Gasteiger partial charge in [0, 0.05) is 11.6 Å². The summed E-state index contributed by atoms with van der Waals surface area (Å²) in [6, 6.07) is 4.77. The summed E-state index contributed by atoms with van der Waals surface area (Å²) in [5.74, 6) is 1.15. The average molecular weight is 388 g/mol. The van der Waals surface area contributed by atoms with E-state index in [2.05, 4.69) is 20.7 Å². The van der Waals surface area contributed by atoms with Crippen molar-refractivity contribution in [3.05, 3.63) is 30.2 Å². The molecular formula is C18H20N4O6. The van der Waals surface area contributed by atoms with Crippen molar-refractivity contribution in [3.8, 4) is 28.7 Å². The third-order valence-electron chi connectivity index (χ3n) is 3.46. The number of nitrogens with one attached hydrogen (secondary N) is 1. The molecule has 148 valence electrons. The van der Waals surface area contributed by atoms with Crippen LogP contribution in [-0.2, 0) is 0 Å². The molecule has 0 aliphatic heterocycles. The molecule has 10 heteroatoms. The second-order valence-electron chi connectivity index (χ2n) is 5.34. The summed E-state index contributed by atoms with van der Waals surface area (Å²) in [6.45, 7) is 6.95. The number of carbonyl (C=O) groups excluding carboxylic acids is 1. The van der Waals surface area contributed by atoms with Gasteiger partial charge in [-0.15, -0.1) is 5.10 Å². The standard InChI is InChI=1S/C18H20N4O6/c1-4-24-13-9-11(10-14(25-5-2)15(13)26-6-3)17-21-22-18(27-17)20-16(23)12-7-8-19-28-12/h7-10H,4-6H2,1-3H3,(H,20,22,23). The van der Waals surface area contributed by atoms with E-state index in [4.69, 9.17) is 23.2 Å². The normalized spacial score (nSPS) is 10.5. The van der Waals surface area contributed by atoms with Crippen molar-refractivity contribution >= 4 is 11.9 Å². The summed E-state index contributed by atoms with van der Waals surface area (Å²) in [7, 11) is 0. The molecule has 0 atom stereocenters. The third kappa shape index (κ3) is 4.22. The first kappa shape index (κ1) is 19.2. The fraction of sp³-hybridized carbons (Fsp3) is 0.333. The number of hydrogen-bond acceptors (Lipinski definition) is 9. The van der Waals surface area contributed by atoms with Gasteiger partial charge in [-0.25, -0.2) is 0 Å². The van der Waals surface area contributed by atoms with E-state index in [-0.39, 0.29) is 17.7 Å². The minimum absolute atomic E-state index is 0.0260. The van der Waals surface area contributed by atoms with E-state index < -0.39 is 5.91 Å².